The molecule has 3 aromatic carbocycles. The molecule has 0 aliphatic rings. The summed E-state index contributed by atoms with van der Waals surface area (Å²) >= 11 is 0. The number of benzene rings is 3. The lowest BCUT2D eigenvalue weighted by Crippen LogP contribution is -1.87. The van der Waals surface area contributed by atoms with Crippen molar-refractivity contribution in [1.29, 1.82) is 0 Å². The number of nitrogens with zero attached hydrogens (tertiary/aromatic N) is 3. The first-order valence-corrected chi connectivity index (χ1v) is 8.15. The van der Waals surface area contributed by atoms with Crippen LogP contribution in [-0.2, 0) is 0 Å². The fraction of sp³-hybridized carbons (Fsp3) is 0.0500. The van der Waals surface area contributed by atoms with Crippen molar-refractivity contribution in [2.24, 2.45) is 0 Å². The number of fused-ring (bicyclic) bond motifs is 3. The molecular formula is C20H14N4O2. The summed E-state index contributed by atoms with van der Waals surface area (Å²) in [5.41, 5.74) is 5.96. The highest BCUT2D eigenvalue weighted by atomic mass is 16.5. The molecule has 0 fully saturated rings. The first-order chi connectivity index (χ1) is 12.7. The molecule has 0 saturated carbocycles. The first-order valence-electron chi connectivity index (χ1n) is 8.15. The van der Waals surface area contributed by atoms with E-state index in [1.54, 1.807) is 18.2 Å². The molecule has 6 heteroatoms. The number of ether oxygens (including phenoxy) is 1. The van der Waals surface area contributed by atoms with Gasteiger partial charge in [-0.2, -0.15) is 0 Å². The van der Waals surface area contributed by atoms with Crippen molar-refractivity contribution in [2.45, 2.75) is 0 Å². The Kier molecular flexibility index (Phi) is 3.05. The average molecular weight is 342 g/mol. The lowest BCUT2D eigenvalue weighted by Gasteiger charge is -2.04. The highest BCUT2D eigenvalue weighted by Gasteiger charge is 2.12. The zero-order valence-electron chi connectivity index (χ0n) is 13.9. The molecule has 0 aliphatic carbocycles. The van der Waals surface area contributed by atoms with E-state index in [2.05, 4.69) is 15.0 Å². The van der Waals surface area contributed by atoms with E-state index < -0.39 is 0 Å². The van der Waals surface area contributed by atoms with E-state index in [0.717, 1.165) is 38.7 Å². The molecule has 0 spiro atoms. The van der Waals surface area contributed by atoms with Gasteiger partial charge in [-0.15, -0.1) is 0 Å². The number of nitrogens with one attached hydrogen (secondary N) is 1. The fourth-order valence-corrected chi connectivity index (χ4v) is 3.09. The normalized spacial score (nSPS) is 11.4. The summed E-state index contributed by atoms with van der Waals surface area (Å²) < 4.78 is 5.17. The second-order valence-corrected chi connectivity index (χ2v) is 6.05. The Morgan fingerprint density at radius 2 is 1.62 bits per heavy atom. The molecule has 2 heterocycles. The zero-order chi connectivity index (χ0) is 17.7. The molecule has 0 saturated heterocycles. The summed E-state index contributed by atoms with van der Waals surface area (Å²) in [6.45, 7) is 0. The Bertz CT molecular complexity index is 1220. The number of methoxy groups -OCH3 is 1. The second kappa shape index (κ2) is 5.42. The molecule has 2 aromatic heterocycles. The number of phenolic OH excluding ortho intramolecular Hbond substituents is 1. The maximum atomic E-state index is 9.76. The summed E-state index contributed by atoms with van der Waals surface area (Å²) in [5.74, 6) is 1.06. The van der Waals surface area contributed by atoms with E-state index in [0.29, 0.717) is 11.6 Å². The van der Waals surface area contributed by atoms with Gasteiger partial charge in [-0.25, -0.2) is 15.0 Å². The van der Waals surface area contributed by atoms with E-state index in [9.17, 15) is 5.11 Å². The number of H-pyrrole nitrogens is 1. The van der Waals surface area contributed by atoms with Gasteiger partial charge in [0.1, 0.15) is 0 Å². The van der Waals surface area contributed by atoms with Crippen molar-refractivity contribution in [3.05, 3.63) is 54.6 Å². The van der Waals surface area contributed by atoms with Gasteiger partial charge in [-0.05, 0) is 42.5 Å². The first kappa shape index (κ1) is 14.7. The standard InChI is InChI=1S/C20H14N4O2/c1-26-19-8-11(6-7-18(19)25)20-23-16-9-14-15(10-17(16)24-20)22-13-5-3-2-4-12(13)21-14/h2-10,21,25H,1H3. The number of phenols is 1. The fourth-order valence-electron chi connectivity index (χ4n) is 3.09. The van der Waals surface area contributed by atoms with Crippen LogP contribution in [0.3, 0.4) is 0 Å². The predicted octanol–water partition coefficient (Wildman–Crippen LogP) is 4.04. The number of hydrogen-bond donors (Lipinski definition) is 2. The van der Waals surface area contributed by atoms with Gasteiger partial charge in [0.05, 0.1) is 40.2 Å². The van der Waals surface area contributed by atoms with Gasteiger partial charge in [0, 0.05) is 5.56 Å². The number of imidazole rings is 1. The summed E-state index contributed by atoms with van der Waals surface area (Å²) in [6, 6.07) is 16.9. The topological polar surface area (TPSA) is 83.9 Å². The van der Waals surface area contributed by atoms with Crippen molar-refractivity contribution < 1.29 is 9.84 Å². The van der Waals surface area contributed by atoms with E-state index in [-0.39, 0.29) is 5.75 Å². The number of aromatic hydroxyl groups is 1. The van der Waals surface area contributed by atoms with Crippen LogP contribution in [0.15, 0.2) is 54.6 Å². The van der Waals surface area contributed by atoms with Gasteiger partial charge in [-0.1, -0.05) is 12.1 Å². The molecule has 0 atom stereocenters. The molecule has 5 aromatic rings. The van der Waals surface area contributed by atoms with Gasteiger partial charge in [0.15, 0.2) is 17.3 Å². The van der Waals surface area contributed by atoms with Crippen molar-refractivity contribution in [1.82, 2.24) is 19.9 Å². The van der Waals surface area contributed by atoms with Gasteiger partial charge >= 0.3 is 0 Å². The Hall–Kier alpha value is -3.67. The van der Waals surface area contributed by atoms with Crippen LogP contribution >= 0.6 is 0 Å². The lowest BCUT2D eigenvalue weighted by molar-refractivity contribution is 0.373. The minimum absolute atomic E-state index is 0.0867. The minimum Gasteiger partial charge on any atom is -0.504 e. The predicted molar refractivity (Wildman–Crippen MR) is 100 cm³/mol. The van der Waals surface area contributed by atoms with Crippen LogP contribution in [0.25, 0.3) is 44.5 Å². The van der Waals surface area contributed by atoms with E-state index in [1.807, 2.05) is 36.4 Å². The summed E-state index contributed by atoms with van der Waals surface area (Å²) in [7, 11) is 1.51. The molecule has 5 rings (SSSR count). The van der Waals surface area contributed by atoms with Crippen LogP contribution in [0.4, 0.5) is 0 Å². The summed E-state index contributed by atoms with van der Waals surface area (Å²) in [5, 5.41) is 9.76. The van der Waals surface area contributed by atoms with Crippen molar-refractivity contribution in [3.63, 3.8) is 0 Å². The van der Waals surface area contributed by atoms with E-state index >= 15 is 0 Å². The molecule has 26 heavy (non-hydrogen) atoms. The maximum Gasteiger partial charge on any atom is 0.161 e. The van der Waals surface area contributed by atoms with E-state index in [4.69, 9.17) is 9.72 Å². The van der Waals surface area contributed by atoms with Crippen LogP contribution in [-0.4, -0.2) is 32.2 Å². The minimum atomic E-state index is 0.0867. The van der Waals surface area contributed by atoms with Crippen molar-refractivity contribution >= 4 is 33.1 Å². The number of aromatic amines is 1. The van der Waals surface area contributed by atoms with Crippen LogP contribution in [0.2, 0.25) is 0 Å². The molecule has 6 nitrogen and oxygen atoms in total. The van der Waals surface area contributed by atoms with Crippen LogP contribution in [0.1, 0.15) is 0 Å². The van der Waals surface area contributed by atoms with Gasteiger partial charge in [0.25, 0.3) is 0 Å². The van der Waals surface area contributed by atoms with Crippen LogP contribution < -0.4 is 4.74 Å². The monoisotopic (exact) mass is 342 g/mol. The van der Waals surface area contributed by atoms with Gasteiger partial charge < -0.3 is 14.8 Å². The molecule has 0 bridgehead atoms. The smallest absolute Gasteiger partial charge is 0.161 e. The third-order valence-corrected chi connectivity index (χ3v) is 4.40. The number of hydrogen-bond acceptors (Lipinski definition) is 5. The largest absolute Gasteiger partial charge is 0.504 e. The third kappa shape index (κ3) is 2.23. The van der Waals surface area contributed by atoms with Gasteiger partial charge in [-0.3, -0.25) is 0 Å². The van der Waals surface area contributed by atoms with Crippen LogP contribution in [0.5, 0.6) is 11.5 Å². The SMILES string of the molecule is COc1cc(-c2nc3cc4nc5ccccc5[nH]c4cc3n2)ccc1O. The molecule has 0 unspecified atom stereocenters. The highest BCUT2D eigenvalue weighted by Crippen LogP contribution is 2.31. The van der Waals surface area contributed by atoms with Gasteiger partial charge in [0.2, 0.25) is 0 Å². The molecule has 0 radical (unpaired) electrons. The molecule has 0 aliphatic heterocycles. The highest BCUT2D eigenvalue weighted by molar-refractivity contribution is 5.95. The third-order valence-electron chi connectivity index (χ3n) is 4.40. The molecule has 126 valence electrons. The van der Waals surface area contributed by atoms with Crippen LogP contribution in [0, 0.1) is 0 Å². The number of para-hydroxylation sites is 2. The Balaban J connectivity index is 1.71. The number of rotatable bonds is 2. The quantitative estimate of drug-likeness (QED) is 0.473. The number of aromatic nitrogens is 4. The Labute approximate surface area is 148 Å². The zero-order valence-corrected chi connectivity index (χ0v) is 13.9. The van der Waals surface area contributed by atoms with Crippen molar-refractivity contribution in [3.8, 4) is 22.9 Å². The van der Waals surface area contributed by atoms with E-state index in [1.165, 1.54) is 7.11 Å². The molecule has 0 amide bonds. The molecular weight excluding hydrogens is 328 g/mol. The summed E-state index contributed by atoms with van der Waals surface area (Å²) in [6.07, 6.45) is 0. The second-order valence-electron chi connectivity index (χ2n) is 6.05. The maximum absolute atomic E-state index is 9.76. The average Bonchev–Trinajstić information content (AvgIpc) is 3.07. The Morgan fingerprint density at radius 3 is 2.46 bits per heavy atom. The summed E-state index contributed by atoms with van der Waals surface area (Å²) in [4.78, 5) is 17.3. The lowest BCUT2D eigenvalue weighted by atomic mass is 10.2. The Morgan fingerprint density at radius 1 is 0.808 bits per heavy atom. The van der Waals surface area contributed by atoms with Crippen molar-refractivity contribution in [2.75, 3.05) is 7.11 Å². The molecule has 2 N–H and O–H groups in total.